The van der Waals surface area contributed by atoms with Crippen LogP contribution in [-0.4, -0.2) is 60.5 Å². The highest BCUT2D eigenvalue weighted by molar-refractivity contribution is 5.81. The van der Waals surface area contributed by atoms with Gasteiger partial charge < -0.3 is 5.32 Å². The summed E-state index contributed by atoms with van der Waals surface area (Å²) in [7, 11) is 0. The Hall–Kier alpha value is -1.12. The highest BCUT2D eigenvalue weighted by atomic mass is 16.2. The zero-order valence-electron chi connectivity index (χ0n) is 12.4. The van der Waals surface area contributed by atoms with Gasteiger partial charge in [0.2, 0.25) is 5.91 Å². The number of nitrogens with zero attached hydrogens (tertiary/aromatic N) is 3. The summed E-state index contributed by atoms with van der Waals surface area (Å²) < 4.78 is 0. The second kappa shape index (κ2) is 8.13. The molecule has 1 amide bonds. The van der Waals surface area contributed by atoms with Gasteiger partial charge in [0.05, 0.1) is 18.7 Å². The summed E-state index contributed by atoms with van der Waals surface area (Å²) in [6.07, 6.45) is 1.95. The second-order valence-electron chi connectivity index (χ2n) is 5.17. The van der Waals surface area contributed by atoms with Crippen LogP contribution in [0.4, 0.5) is 0 Å². The molecule has 1 saturated heterocycles. The van der Waals surface area contributed by atoms with Crippen LogP contribution in [0.2, 0.25) is 0 Å². The third-order valence-electron chi connectivity index (χ3n) is 3.96. The van der Waals surface area contributed by atoms with Crippen molar-refractivity contribution in [2.75, 3.05) is 32.7 Å². The van der Waals surface area contributed by atoms with Crippen LogP contribution in [0.25, 0.3) is 0 Å². The molecule has 0 aromatic carbocycles. The third kappa shape index (κ3) is 4.81. The second-order valence-corrected chi connectivity index (χ2v) is 5.17. The minimum absolute atomic E-state index is 0.0789. The van der Waals surface area contributed by atoms with Crippen LogP contribution in [0.5, 0.6) is 0 Å². The number of carbonyl (C=O) groups excluding carboxylic acids is 1. The molecule has 1 unspecified atom stereocenters. The van der Waals surface area contributed by atoms with Crippen molar-refractivity contribution >= 4 is 5.91 Å². The first-order chi connectivity index (χ1) is 9.12. The number of hydrogen-bond donors (Lipinski definition) is 1. The van der Waals surface area contributed by atoms with Crippen molar-refractivity contribution in [1.82, 2.24) is 15.1 Å². The Bertz CT molecular complexity index is 314. The number of nitrogens with one attached hydrogen (secondary N) is 1. The molecule has 0 aromatic heterocycles. The van der Waals surface area contributed by atoms with Gasteiger partial charge in [0.25, 0.3) is 0 Å². The van der Waals surface area contributed by atoms with Crippen LogP contribution < -0.4 is 5.32 Å². The normalized spacial score (nSPS) is 19.1. The Morgan fingerprint density at radius 1 is 1.26 bits per heavy atom. The van der Waals surface area contributed by atoms with Crippen molar-refractivity contribution in [3.63, 3.8) is 0 Å². The van der Waals surface area contributed by atoms with E-state index in [0.29, 0.717) is 6.54 Å². The van der Waals surface area contributed by atoms with Gasteiger partial charge in [-0.1, -0.05) is 13.8 Å². The van der Waals surface area contributed by atoms with Gasteiger partial charge in [-0.15, -0.1) is 0 Å². The van der Waals surface area contributed by atoms with Crippen LogP contribution in [-0.2, 0) is 4.79 Å². The number of piperazine rings is 1. The standard InChI is InChI=1S/C14H26N4O/c1-4-13(5-2)16-14(19)12(3)18-10-8-17(7-6-15)9-11-18/h12-13H,4-5,7-11H2,1-3H3,(H,16,19). The summed E-state index contributed by atoms with van der Waals surface area (Å²) in [6, 6.07) is 2.38. The highest BCUT2D eigenvalue weighted by Crippen LogP contribution is 2.07. The number of nitriles is 1. The molecule has 0 saturated carbocycles. The lowest BCUT2D eigenvalue weighted by Gasteiger charge is -2.36. The highest BCUT2D eigenvalue weighted by Gasteiger charge is 2.26. The van der Waals surface area contributed by atoms with E-state index in [0.717, 1.165) is 39.0 Å². The molecule has 1 atom stereocenters. The zero-order valence-corrected chi connectivity index (χ0v) is 12.4. The third-order valence-corrected chi connectivity index (χ3v) is 3.96. The molecule has 19 heavy (non-hydrogen) atoms. The maximum Gasteiger partial charge on any atom is 0.237 e. The van der Waals surface area contributed by atoms with E-state index >= 15 is 0 Å². The fraction of sp³-hybridized carbons (Fsp3) is 0.857. The average Bonchev–Trinajstić information content (AvgIpc) is 2.45. The summed E-state index contributed by atoms with van der Waals surface area (Å²) in [5.41, 5.74) is 0. The van der Waals surface area contributed by atoms with Crippen LogP contribution in [0.15, 0.2) is 0 Å². The quantitative estimate of drug-likeness (QED) is 0.723. The van der Waals surface area contributed by atoms with Gasteiger partial charge in [0, 0.05) is 32.2 Å². The van der Waals surface area contributed by atoms with Crippen LogP contribution in [0.1, 0.15) is 33.6 Å². The molecular formula is C14H26N4O. The van der Waals surface area contributed by atoms with Crippen LogP contribution in [0.3, 0.4) is 0 Å². The Balaban J connectivity index is 2.40. The molecule has 1 aliphatic rings. The summed E-state index contributed by atoms with van der Waals surface area (Å²) in [6.45, 7) is 10.1. The van der Waals surface area contributed by atoms with Crippen molar-refractivity contribution in [1.29, 1.82) is 5.26 Å². The summed E-state index contributed by atoms with van der Waals surface area (Å²) in [5, 5.41) is 11.8. The predicted molar refractivity (Wildman–Crippen MR) is 75.6 cm³/mol. The molecule has 0 bridgehead atoms. The number of amides is 1. The molecular weight excluding hydrogens is 240 g/mol. The van der Waals surface area contributed by atoms with E-state index in [2.05, 4.69) is 35.0 Å². The van der Waals surface area contributed by atoms with Crippen LogP contribution in [0, 0.1) is 11.3 Å². The molecule has 1 N–H and O–H groups in total. The van der Waals surface area contributed by atoms with E-state index in [-0.39, 0.29) is 18.0 Å². The predicted octanol–water partition coefficient (Wildman–Crippen LogP) is 0.821. The van der Waals surface area contributed by atoms with E-state index in [4.69, 9.17) is 5.26 Å². The van der Waals surface area contributed by atoms with E-state index in [1.54, 1.807) is 0 Å². The Kier molecular flexibility index (Phi) is 6.82. The number of carbonyl (C=O) groups is 1. The summed E-state index contributed by atoms with van der Waals surface area (Å²) >= 11 is 0. The summed E-state index contributed by atoms with van der Waals surface area (Å²) in [4.78, 5) is 16.5. The summed E-state index contributed by atoms with van der Waals surface area (Å²) in [5.74, 6) is 0.127. The molecule has 1 aliphatic heterocycles. The van der Waals surface area contributed by atoms with Crippen molar-refractivity contribution in [3.05, 3.63) is 0 Å². The lowest BCUT2D eigenvalue weighted by Crippen LogP contribution is -2.54. The van der Waals surface area contributed by atoms with Gasteiger partial charge in [0.15, 0.2) is 0 Å². The van der Waals surface area contributed by atoms with Crippen molar-refractivity contribution < 1.29 is 4.79 Å². The van der Waals surface area contributed by atoms with Gasteiger partial charge in [-0.3, -0.25) is 14.6 Å². The molecule has 108 valence electrons. The minimum Gasteiger partial charge on any atom is -0.352 e. The Labute approximate surface area is 116 Å². The van der Waals surface area contributed by atoms with Gasteiger partial charge >= 0.3 is 0 Å². The Morgan fingerprint density at radius 2 is 1.84 bits per heavy atom. The molecule has 0 aromatic rings. The maximum atomic E-state index is 12.2. The van der Waals surface area contributed by atoms with Crippen molar-refractivity contribution in [3.8, 4) is 6.07 Å². The lowest BCUT2D eigenvalue weighted by atomic mass is 10.1. The zero-order chi connectivity index (χ0) is 14.3. The number of rotatable bonds is 6. The Morgan fingerprint density at radius 3 is 2.32 bits per heavy atom. The molecule has 1 rings (SSSR count). The largest absolute Gasteiger partial charge is 0.352 e. The van der Waals surface area contributed by atoms with E-state index in [1.165, 1.54) is 0 Å². The minimum atomic E-state index is -0.0789. The number of hydrogen-bond acceptors (Lipinski definition) is 4. The monoisotopic (exact) mass is 266 g/mol. The molecule has 0 aliphatic carbocycles. The lowest BCUT2D eigenvalue weighted by molar-refractivity contribution is -0.127. The first-order valence-corrected chi connectivity index (χ1v) is 7.26. The first-order valence-electron chi connectivity index (χ1n) is 7.26. The van der Waals surface area contributed by atoms with Gasteiger partial charge in [-0.25, -0.2) is 0 Å². The van der Waals surface area contributed by atoms with Crippen molar-refractivity contribution in [2.24, 2.45) is 0 Å². The average molecular weight is 266 g/mol. The van der Waals surface area contributed by atoms with Gasteiger partial charge in [-0.05, 0) is 19.8 Å². The molecule has 1 heterocycles. The van der Waals surface area contributed by atoms with E-state index < -0.39 is 0 Å². The molecule has 5 nitrogen and oxygen atoms in total. The fourth-order valence-corrected chi connectivity index (χ4v) is 2.39. The molecule has 0 spiro atoms. The smallest absolute Gasteiger partial charge is 0.237 e. The molecule has 0 radical (unpaired) electrons. The van der Waals surface area contributed by atoms with Gasteiger partial charge in [-0.2, -0.15) is 5.26 Å². The first kappa shape index (κ1) is 15.9. The SMILES string of the molecule is CCC(CC)NC(=O)C(C)N1CCN(CC#N)CC1. The fourth-order valence-electron chi connectivity index (χ4n) is 2.39. The maximum absolute atomic E-state index is 12.2. The van der Waals surface area contributed by atoms with Crippen molar-refractivity contribution in [2.45, 2.75) is 45.7 Å². The van der Waals surface area contributed by atoms with Gasteiger partial charge in [0.1, 0.15) is 0 Å². The van der Waals surface area contributed by atoms with Crippen LogP contribution >= 0.6 is 0 Å². The topological polar surface area (TPSA) is 59.4 Å². The molecule has 1 fully saturated rings. The van der Waals surface area contributed by atoms with E-state index in [1.807, 2.05) is 6.92 Å². The van der Waals surface area contributed by atoms with E-state index in [9.17, 15) is 4.79 Å². The molecule has 5 heteroatoms.